The van der Waals surface area contributed by atoms with Gasteiger partial charge in [0.25, 0.3) is 0 Å². The van der Waals surface area contributed by atoms with Crippen LogP contribution in [0, 0.1) is 6.92 Å². The van der Waals surface area contributed by atoms with Crippen molar-refractivity contribution in [2.75, 3.05) is 0 Å². The molecule has 0 saturated carbocycles. The number of aryl methyl sites for hydroxylation is 1. The molecule has 0 bridgehead atoms. The van der Waals surface area contributed by atoms with Crippen LogP contribution in [0.15, 0.2) is 36.0 Å². The molecule has 0 radical (unpaired) electrons. The summed E-state index contributed by atoms with van der Waals surface area (Å²) in [6.45, 7) is 1.93. The Morgan fingerprint density at radius 3 is 2.93 bits per heavy atom. The number of pyridine rings is 1. The van der Waals surface area contributed by atoms with E-state index in [-0.39, 0.29) is 5.78 Å². The first-order valence-electron chi connectivity index (χ1n) is 4.27. The second-order valence-electron chi connectivity index (χ2n) is 3.06. The molecular formula is C11H9NOS. The highest BCUT2D eigenvalue weighted by Gasteiger charge is 2.09. The zero-order chi connectivity index (χ0) is 9.97. The van der Waals surface area contributed by atoms with E-state index in [4.69, 9.17) is 0 Å². The van der Waals surface area contributed by atoms with Crippen molar-refractivity contribution in [3.05, 3.63) is 52.0 Å². The van der Waals surface area contributed by atoms with E-state index < -0.39 is 0 Å². The first kappa shape index (κ1) is 9.09. The zero-order valence-corrected chi connectivity index (χ0v) is 8.54. The van der Waals surface area contributed by atoms with Crippen LogP contribution in [0.3, 0.4) is 0 Å². The molecule has 0 unspecified atom stereocenters. The van der Waals surface area contributed by atoms with Crippen LogP contribution in [-0.4, -0.2) is 10.8 Å². The summed E-state index contributed by atoms with van der Waals surface area (Å²) in [7, 11) is 0. The van der Waals surface area contributed by atoms with Gasteiger partial charge in [0.05, 0.1) is 4.88 Å². The fraction of sp³-hybridized carbons (Fsp3) is 0.0909. The number of hydrogen-bond donors (Lipinski definition) is 0. The lowest BCUT2D eigenvalue weighted by molar-refractivity contribution is 0.104. The number of carbonyl (C=O) groups excluding carboxylic acids is 1. The molecule has 2 nitrogen and oxygen atoms in total. The average molecular weight is 203 g/mol. The van der Waals surface area contributed by atoms with Crippen LogP contribution < -0.4 is 0 Å². The predicted molar refractivity (Wildman–Crippen MR) is 56.7 cm³/mol. The van der Waals surface area contributed by atoms with Crippen molar-refractivity contribution in [3.63, 3.8) is 0 Å². The summed E-state index contributed by atoms with van der Waals surface area (Å²) in [5, 5.41) is 1.90. The van der Waals surface area contributed by atoms with Crippen LogP contribution in [0.2, 0.25) is 0 Å². The lowest BCUT2D eigenvalue weighted by Gasteiger charge is -1.98. The molecule has 0 amide bonds. The number of carbonyl (C=O) groups is 1. The van der Waals surface area contributed by atoms with Crippen molar-refractivity contribution < 1.29 is 4.79 Å². The first-order chi connectivity index (χ1) is 6.77. The number of hydrogen-bond acceptors (Lipinski definition) is 3. The molecular weight excluding hydrogens is 194 g/mol. The Hall–Kier alpha value is -1.48. The molecule has 0 atom stereocenters. The van der Waals surface area contributed by atoms with Gasteiger partial charge in [0.2, 0.25) is 5.78 Å². The number of rotatable bonds is 2. The summed E-state index contributed by atoms with van der Waals surface area (Å²) in [5.41, 5.74) is 1.67. The van der Waals surface area contributed by atoms with Crippen LogP contribution >= 0.6 is 11.3 Å². The van der Waals surface area contributed by atoms with Crippen molar-refractivity contribution >= 4 is 17.1 Å². The third-order valence-corrected chi connectivity index (χ3v) is 2.75. The summed E-state index contributed by atoms with van der Waals surface area (Å²) in [5.74, 6) is 0.0520. The molecule has 0 spiro atoms. The molecule has 2 aromatic rings. The molecule has 0 aliphatic carbocycles. The Morgan fingerprint density at radius 2 is 2.29 bits per heavy atom. The van der Waals surface area contributed by atoms with Gasteiger partial charge in [0.15, 0.2) is 0 Å². The van der Waals surface area contributed by atoms with E-state index in [1.54, 1.807) is 12.4 Å². The van der Waals surface area contributed by atoms with Crippen LogP contribution in [0.4, 0.5) is 0 Å². The lowest BCUT2D eigenvalue weighted by atomic mass is 10.1. The second kappa shape index (κ2) is 3.72. The van der Waals surface area contributed by atoms with Crippen LogP contribution in [0.25, 0.3) is 0 Å². The van der Waals surface area contributed by atoms with Crippen molar-refractivity contribution in [2.24, 2.45) is 0 Å². The average Bonchev–Trinajstić information content (AvgIpc) is 2.69. The molecule has 0 fully saturated rings. The van der Waals surface area contributed by atoms with Gasteiger partial charge >= 0.3 is 0 Å². The van der Waals surface area contributed by atoms with Gasteiger partial charge in [-0.05, 0) is 30.0 Å². The molecule has 0 saturated heterocycles. The van der Waals surface area contributed by atoms with Gasteiger partial charge < -0.3 is 0 Å². The van der Waals surface area contributed by atoms with Crippen LogP contribution in [0.5, 0.6) is 0 Å². The Labute approximate surface area is 86.2 Å². The van der Waals surface area contributed by atoms with Crippen LogP contribution in [0.1, 0.15) is 20.8 Å². The Balaban J connectivity index is 2.37. The second-order valence-corrected chi connectivity index (χ2v) is 4.01. The number of thiophene rings is 1. The topological polar surface area (TPSA) is 30.0 Å². The highest BCUT2D eigenvalue weighted by molar-refractivity contribution is 7.12. The van der Waals surface area contributed by atoms with Crippen molar-refractivity contribution in [2.45, 2.75) is 6.92 Å². The normalized spacial score (nSPS) is 10.1. The maximum absolute atomic E-state index is 11.8. The molecule has 2 heterocycles. The largest absolute Gasteiger partial charge is 0.288 e. The monoisotopic (exact) mass is 203 g/mol. The highest BCUT2D eigenvalue weighted by Crippen LogP contribution is 2.14. The molecule has 14 heavy (non-hydrogen) atoms. The summed E-state index contributed by atoms with van der Waals surface area (Å²) >= 11 is 1.45. The van der Waals surface area contributed by atoms with E-state index in [2.05, 4.69) is 4.98 Å². The third-order valence-electron chi connectivity index (χ3n) is 1.88. The minimum atomic E-state index is 0.0520. The summed E-state index contributed by atoms with van der Waals surface area (Å²) in [6.07, 6.45) is 3.35. The maximum Gasteiger partial charge on any atom is 0.204 e. The lowest BCUT2D eigenvalue weighted by Crippen LogP contribution is -1.99. The van der Waals surface area contributed by atoms with Gasteiger partial charge in [-0.15, -0.1) is 11.3 Å². The van der Waals surface area contributed by atoms with Gasteiger partial charge in [-0.1, -0.05) is 6.07 Å². The molecule has 70 valence electrons. The smallest absolute Gasteiger partial charge is 0.204 e. The van der Waals surface area contributed by atoms with E-state index in [1.807, 2.05) is 30.5 Å². The molecule has 2 aromatic heterocycles. The van der Waals surface area contributed by atoms with Crippen LogP contribution in [-0.2, 0) is 0 Å². The Morgan fingerprint density at radius 1 is 1.43 bits per heavy atom. The highest BCUT2D eigenvalue weighted by atomic mass is 32.1. The Kier molecular flexibility index (Phi) is 2.41. The van der Waals surface area contributed by atoms with Gasteiger partial charge in [-0.25, -0.2) is 0 Å². The quantitative estimate of drug-likeness (QED) is 0.702. The third kappa shape index (κ3) is 1.72. The van der Waals surface area contributed by atoms with Gasteiger partial charge in [0.1, 0.15) is 0 Å². The molecule has 0 aliphatic rings. The molecule has 3 heteroatoms. The van der Waals surface area contributed by atoms with Crippen molar-refractivity contribution in [1.29, 1.82) is 0 Å². The van der Waals surface area contributed by atoms with E-state index in [1.165, 1.54) is 11.3 Å². The van der Waals surface area contributed by atoms with Gasteiger partial charge in [-0.3, -0.25) is 9.78 Å². The molecule has 0 aromatic carbocycles. The fourth-order valence-corrected chi connectivity index (χ4v) is 1.91. The summed E-state index contributed by atoms with van der Waals surface area (Å²) in [4.78, 5) is 16.6. The number of ketones is 1. The molecule has 2 rings (SSSR count). The Bertz CT molecular complexity index is 448. The maximum atomic E-state index is 11.8. The van der Waals surface area contributed by atoms with E-state index in [9.17, 15) is 4.79 Å². The molecule has 0 N–H and O–H groups in total. The predicted octanol–water partition coefficient (Wildman–Crippen LogP) is 2.68. The fourth-order valence-electron chi connectivity index (χ4n) is 1.23. The van der Waals surface area contributed by atoms with E-state index in [0.717, 1.165) is 10.4 Å². The van der Waals surface area contributed by atoms with Gasteiger partial charge in [-0.2, -0.15) is 0 Å². The molecule has 0 aliphatic heterocycles. The van der Waals surface area contributed by atoms with E-state index in [0.29, 0.717) is 5.56 Å². The first-order valence-corrected chi connectivity index (χ1v) is 5.15. The standard InChI is InChI=1S/C11H9NOS/c1-8-5-9(7-12-6-8)11(13)10-3-2-4-14-10/h2-7H,1H3. The summed E-state index contributed by atoms with van der Waals surface area (Å²) in [6, 6.07) is 5.56. The summed E-state index contributed by atoms with van der Waals surface area (Å²) < 4.78 is 0. The van der Waals surface area contributed by atoms with Gasteiger partial charge in [0, 0.05) is 18.0 Å². The van der Waals surface area contributed by atoms with Crippen molar-refractivity contribution in [1.82, 2.24) is 4.98 Å². The zero-order valence-electron chi connectivity index (χ0n) is 7.73. The number of nitrogens with zero attached hydrogens (tertiary/aromatic N) is 1. The minimum absolute atomic E-state index is 0.0520. The SMILES string of the molecule is Cc1cncc(C(=O)c2cccs2)c1. The van der Waals surface area contributed by atoms with E-state index >= 15 is 0 Å². The number of aromatic nitrogens is 1. The van der Waals surface area contributed by atoms with Crippen molar-refractivity contribution in [3.8, 4) is 0 Å². The minimum Gasteiger partial charge on any atom is -0.288 e.